The van der Waals surface area contributed by atoms with E-state index in [9.17, 15) is 5.11 Å². The minimum atomic E-state index is 0.186. The molecular formula is C22H23N5O. The van der Waals surface area contributed by atoms with Gasteiger partial charge in [-0.15, -0.1) is 0 Å². The highest BCUT2D eigenvalue weighted by Gasteiger charge is 2.21. The molecule has 1 aliphatic heterocycles. The molecule has 142 valence electrons. The summed E-state index contributed by atoms with van der Waals surface area (Å²) in [5.74, 6) is 0.684. The van der Waals surface area contributed by atoms with Crippen molar-refractivity contribution in [3.05, 3.63) is 48.3 Å². The van der Waals surface area contributed by atoms with Crippen LogP contribution >= 0.6 is 0 Å². The van der Waals surface area contributed by atoms with Crippen LogP contribution in [0.1, 0.15) is 31.4 Å². The molecule has 0 spiro atoms. The predicted molar refractivity (Wildman–Crippen MR) is 110 cm³/mol. The van der Waals surface area contributed by atoms with Crippen molar-refractivity contribution in [2.45, 2.75) is 31.7 Å². The van der Waals surface area contributed by atoms with E-state index in [0.29, 0.717) is 17.5 Å². The molecule has 6 nitrogen and oxygen atoms in total. The van der Waals surface area contributed by atoms with E-state index in [1.165, 1.54) is 0 Å². The number of aromatic nitrogens is 4. The van der Waals surface area contributed by atoms with Gasteiger partial charge in [0.2, 0.25) is 0 Å². The molecule has 5 rings (SSSR count). The monoisotopic (exact) mass is 373 g/mol. The summed E-state index contributed by atoms with van der Waals surface area (Å²) >= 11 is 0. The van der Waals surface area contributed by atoms with Gasteiger partial charge in [-0.2, -0.15) is 5.10 Å². The Morgan fingerprint density at radius 3 is 2.75 bits per heavy atom. The van der Waals surface area contributed by atoms with Crippen LogP contribution in [0.25, 0.3) is 33.2 Å². The van der Waals surface area contributed by atoms with Crippen molar-refractivity contribution in [1.82, 2.24) is 25.1 Å². The van der Waals surface area contributed by atoms with Crippen molar-refractivity contribution in [2.75, 3.05) is 6.54 Å². The maximum Gasteiger partial charge on any atom is 0.127 e. The fourth-order valence-electron chi connectivity index (χ4n) is 4.19. The summed E-state index contributed by atoms with van der Waals surface area (Å²) < 4.78 is 1.74. The normalized spacial score (nSPS) is 20.1. The van der Waals surface area contributed by atoms with E-state index in [1.807, 2.05) is 37.5 Å². The van der Waals surface area contributed by atoms with Crippen LogP contribution in [-0.2, 0) is 7.05 Å². The average molecular weight is 373 g/mol. The molecule has 0 radical (unpaired) electrons. The lowest BCUT2D eigenvalue weighted by Gasteiger charge is -2.27. The molecule has 4 aromatic rings. The maximum absolute atomic E-state index is 10.5. The van der Waals surface area contributed by atoms with Gasteiger partial charge in [0.15, 0.2) is 0 Å². The third kappa shape index (κ3) is 2.99. The molecule has 0 unspecified atom stereocenters. The topological polar surface area (TPSA) is 75.9 Å². The van der Waals surface area contributed by atoms with Crippen LogP contribution in [0, 0.1) is 0 Å². The Balaban J connectivity index is 1.53. The Bertz CT molecular complexity index is 1180. The third-order valence-electron chi connectivity index (χ3n) is 5.62. The number of rotatable bonds is 2. The second-order valence-corrected chi connectivity index (χ2v) is 7.78. The number of hydrogen-bond donors (Lipinski definition) is 2. The molecule has 0 aliphatic carbocycles. The Kier molecular flexibility index (Phi) is 4.02. The lowest BCUT2D eigenvalue weighted by atomic mass is 9.90. The largest absolute Gasteiger partial charge is 0.507 e. The van der Waals surface area contributed by atoms with E-state index >= 15 is 0 Å². The summed E-state index contributed by atoms with van der Waals surface area (Å²) in [5.41, 5.74) is 5.10. The first-order chi connectivity index (χ1) is 13.6. The maximum atomic E-state index is 10.5. The number of phenolic OH excluding ortho intramolecular Hbond substituents is 1. The van der Waals surface area contributed by atoms with Gasteiger partial charge in [-0.05, 0) is 56.6 Å². The number of pyridine rings is 2. The number of piperidine rings is 1. The van der Waals surface area contributed by atoms with Crippen LogP contribution in [0.15, 0.2) is 42.6 Å². The zero-order valence-electron chi connectivity index (χ0n) is 16.1. The smallest absolute Gasteiger partial charge is 0.127 e. The number of benzene rings is 1. The average Bonchev–Trinajstić information content (AvgIpc) is 3.05. The molecule has 6 heteroatoms. The Morgan fingerprint density at radius 2 is 1.89 bits per heavy atom. The van der Waals surface area contributed by atoms with Crippen LogP contribution in [0.5, 0.6) is 5.75 Å². The molecule has 2 N–H and O–H groups in total. The molecule has 1 aromatic carbocycles. The minimum Gasteiger partial charge on any atom is -0.507 e. The van der Waals surface area contributed by atoms with Crippen molar-refractivity contribution in [3.63, 3.8) is 0 Å². The van der Waals surface area contributed by atoms with E-state index in [1.54, 1.807) is 10.7 Å². The fraction of sp³-hybridized carbons (Fsp3) is 0.318. The zero-order valence-corrected chi connectivity index (χ0v) is 16.1. The minimum absolute atomic E-state index is 0.186. The second kappa shape index (κ2) is 6.56. The van der Waals surface area contributed by atoms with Crippen molar-refractivity contribution in [2.24, 2.45) is 7.05 Å². The van der Waals surface area contributed by atoms with Crippen LogP contribution in [0.4, 0.5) is 0 Å². The van der Waals surface area contributed by atoms with Gasteiger partial charge in [-0.1, -0.05) is 0 Å². The van der Waals surface area contributed by atoms with E-state index in [-0.39, 0.29) is 5.75 Å². The van der Waals surface area contributed by atoms with Crippen molar-refractivity contribution < 1.29 is 5.11 Å². The first kappa shape index (κ1) is 17.1. The number of phenols is 1. The summed E-state index contributed by atoms with van der Waals surface area (Å²) in [5, 5.41) is 19.3. The molecule has 1 saturated heterocycles. The molecular weight excluding hydrogens is 350 g/mol. The molecule has 1 aliphatic rings. The lowest BCUT2D eigenvalue weighted by molar-refractivity contribution is 0.377. The van der Waals surface area contributed by atoms with Crippen molar-refractivity contribution in [1.29, 1.82) is 0 Å². The first-order valence-corrected chi connectivity index (χ1v) is 9.74. The van der Waals surface area contributed by atoms with Crippen molar-refractivity contribution in [3.8, 4) is 17.0 Å². The number of aryl methyl sites for hydroxylation is 1. The number of nitrogens with zero attached hydrogens (tertiary/aromatic N) is 4. The quantitative estimate of drug-likeness (QED) is 0.560. The second-order valence-electron chi connectivity index (χ2n) is 7.78. The zero-order chi connectivity index (χ0) is 19.3. The molecule has 0 saturated carbocycles. The summed E-state index contributed by atoms with van der Waals surface area (Å²) in [6, 6.07) is 12.2. The van der Waals surface area contributed by atoms with Crippen LogP contribution in [0.3, 0.4) is 0 Å². The van der Waals surface area contributed by atoms with E-state index in [2.05, 4.69) is 23.4 Å². The van der Waals surface area contributed by atoms with Gasteiger partial charge < -0.3 is 10.4 Å². The number of aromatic hydroxyl groups is 1. The molecule has 28 heavy (non-hydrogen) atoms. The number of nitrogens with one attached hydrogen (secondary N) is 1. The predicted octanol–water partition coefficient (Wildman–Crippen LogP) is 3.74. The molecule has 0 amide bonds. The standard InChI is InChI=1S/C22H23N5O/c1-13-9-14(7-8-23-13)17-3-5-20-19(24-17)6-4-18(25-20)16-10-15-12-27(2)26-21(15)11-22(16)28/h3-6,10-14,23,28H,7-9H2,1-2H3/t13-,14+/m0/s1. The van der Waals surface area contributed by atoms with Crippen LogP contribution < -0.4 is 5.32 Å². The molecule has 1 fully saturated rings. The molecule has 2 atom stereocenters. The van der Waals surface area contributed by atoms with Gasteiger partial charge in [0.25, 0.3) is 0 Å². The highest BCUT2D eigenvalue weighted by atomic mass is 16.3. The van der Waals surface area contributed by atoms with Gasteiger partial charge in [0.05, 0.1) is 22.2 Å². The first-order valence-electron chi connectivity index (χ1n) is 9.74. The Morgan fingerprint density at radius 1 is 1.07 bits per heavy atom. The van der Waals surface area contributed by atoms with Crippen LogP contribution in [-0.4, -0.2) is 37.4 Å². The Labute approximate surface area is 163 Å². The van der Waals surface area contributed by atoms with Gasteiger partial charge in [-0.3, -0.25) is 9.67 Å². The van der Waals surface area contributed by atoms with Gasteiger partial charge in [-0.25, -0.2) is 4.98 Å². The summed E-state index contributed by atoms with van der Waals surface area (Å²) in [6.45, 7) is 3.27. The third-order valence-corrected chi connectivity index (χ3v) is 5.62. The van der Waals surface area contributed by atoms with Crippen LogP contribution in [0.2, 0.25) is 0 Å². The molecule has 3 aromatic heterocycles. The highest BCUT2D eigenvalue weighted by Crippen LogP contribution is 2.33. The summed E-state index contributed by atoms with van der Waals surface area (Å²) in [4.78, 5) is 9.64. The lowest BCUT2D eigenvalue weighted by Crippen LogP contribution is -2.35. The van der Waals surface area contributed by atoms with E-state index < -0.39 is 0 Å². The molecule has 4 heterocycles. The SMILES string of the molecule is C[C@H]1C[C@H](c2ccc3nc(-c4cc5cn(C)nc5cc4O)ccc3n2)CCN1. The fourth-order valence-corrected chi connectivity index (χ4v) is 4.19. The van der Waals surface area contributed by atoms with Crippen molar-refractivity contribution >= 4 is 21.9 Å². The summed E-state index contributed by atoms with van der Waals surface area (Å²) in [6.07, 6.45) is 4.17. The Hall–Kier alpha value is -2.99. The van der Waals surface area contributed by atoms with Gasteiger partial charge in [0, 0.05) is 47.9 Å². The molecule has 0 bridgehead atoms. The number of fused-ring (bicyclic) bond motifs is 2. The van der Waals surface area contributed by atoms with Gasteiger partial charge >= 0.3 is 0 Å². The highest BCUT2D eigenvalue weighted by molar-refractivity contribution is 5.88. The van der Waals surface area contributed by atoms with Gasteiger partial charge in [0.1, 0.15) is 5.75 Å². The van der Waals surface area contributed by atoms with E-state index in [0.717, 1.165) is 52.7 Å². The summed E-state index contributed by atoms with van der Waals surface area (Å²) in [7, 11) is 1.87. The number of hydrogen-bond acceptors (Lipinski definition) is 5. The van der Waals surface area contributed by atoms with E-state index in [4.69, 9.17) is 9.97 Å².